The van der Waals surface area contributed by atoms with Gasteiger partial charge in [-0.1, -0.05) is 50.2 Å². The number of hydrogen-bond donors (Lipinski definition) is 0. The molecule has 0 spiro atoms. The van der Waals surface area contributed by atoms with E-state index >= 15 is 0 Å². The predicted molar refractivity (Wildman–Crippen MR) is 102 cm³/mol. The van der Waals surface area contributed by atoms with Crippen LogP contribution in [0.3, 0.4) is 0 Å². The molecule has 1 aromatic carbocycles. The highest BCUT2D eigenvalue weighted by Crippen LogP contribution is 2.17. The topological polar surface area (TPSA) is 40.6 Å². The van der Waals surface area contributed by atoms with Crippen LogP contribution in [0.15, 0.2) is 47.8 Å². The van der Waals surface area contributed by atoms with E-state index in [1.165, 1.54) is 0 Å². The lowest BCUT2D eigenvalue weighted by Gasteiger charge is -2.25. The van der Waals surface area contributed by atoms with Crippen molar-refractivity contribution in [3.8, 4) is 0 Å². The van der Waals surface area contributed by atoms with E-state index in [1.807, 2.05) is 47.8 Å². The van der Waals surface area contributed by atoms with Crippen molar-refractivity contribution in [2.24, 2.45) is 0 Å². The Morgan fingerprint density at radius 2 is 1.67 bits per heavy atom. The third-order valence-corrected chi connectivity index (χ3v) is 6.72. The van der Waals surface area contributed by atoms with Gasteiger partial charge in [0.25, 0.3) is 0 Å². The van der Waals surface area contributed by atoms with E-state index in [-0.39, 0.29) is 5.75 Å². The normalized spacial score (nSPS) is 12.2. The molecular formula is C18H26N2O2S2. The van der Waals surface area contributed by atoms with Gasteiger partial charge in [-0.3, -0.25) is 0 Å². The molecule has 0 bridgehead atoms. The largest absolute Gasteiger partial charge is 0.303 e. The SMILES string of the molecule is CCN(CC)CCN(Cc1cccs1)S(=O)(=O)Cc1ccccc1. The van der Waals surface area contributed by atoms with Crippen molar-refractivity contribution in [3.63, 3.8) is 0 Å². The van der Waals surface area contributed by atoms with Gasteiger partial charge in [0.2, 0.25) is 10.0 Å². The van der Waals surface area contributed by atoms with E-state index < -0.39 is 10.0 Å². The molecule has 1 heterocycles. The Morgan fingerprint density at radius 3 is 2.25 bits per heavy atom. The first-order chi connectivity index (χ1) is 11.5. The Labute approximate surface area is 149 Å². The summed E-state index contributed by atoms with van der Waals surface area (Å²) in [5.74, 6) is 0.0530. The molecule has 2 rings (SSSR count). The minimum Gasteiger partial charge on any atom is -0.303 e. The van der Waals surface area contributed by atoms with E-state index in [0.717, 1.165) is 30.1 Å². The Balaban J connectivity index is 2.13. The average molecular weight is 367 g/mol. The van der Waals surface area contributed by atoms with Gasteiger partial charge < -0.3 is 4.90 Å². The summed E-state index contributed by atoms with van der Waals surface area (Å²) in [6, 6.07) is 13.4. The molecule has 0 aliphatic rings. The summed E-state index contributed by atoms with van der Waals surface area (Å²) in [6.07, 6.45) is 0. The van der Waals surface area contributed by atoms with Gasteiger partial charge in [0, 0.05) is 24.5 Å². The molecular weight excluding hydrogens is 340 g/mol. The number of thiophene rings is 1. The number of benzene rings is 1. The summed E-state index contributed by atoms with van der Waals surface area (Å²) in [6.45, 7) is 7.80. The lowest BCUT2D eigenvalue weighted by Crippen LogP contribution is -2.38. The van der Waals surface area contributed by atoms with Gasteiger partial charge in [-0.05, 0) is 30.1 Å². The molecule has 0 fully saturated rings. The highest BCUT2D eigenvalue weighted by molar-refractivity contribution is 7.88. The molecule has 0 saturated heterocycles. The molecule has 132 valence electrons. The summed E-state index contributed by atoms with van der Waals surface area (Å²) >= 11 is 1.60. The van der Waals surface area contributed by atoms with E-state index in [9.17, 15) is 8.42 Å². The molecule has 1 aromatic heterocycles. The molecule has 0 N–H and O–H groups in total. The van der Waals surface area contributed by atoms with Gasteiger partial charge in [0.05, 0.1) is 5.75 Å². The minimum atomic E-state index is -3.35. The Hall–Kier alpha value is -1.21. The molecule has 4 nitrogen and oxygen atoms in total. The quantitative estimate of drug-likeness (QED) is 0.647. The molecule has 0 atom stereocenters. The summed E-state index contributed by atoms with van der Waals surface area (Å²) in [5, 5.41) is 1.99. The maximum absolute atomic E-state index is 12.9. The Morgan fingerprint density at radius 1 is 0.958 bits per heavy atom. The fraction of sp³-hybridized carbons (Fsp3) is 0.444. The van der Waals surface area contributed by atoms with Crippen molar-refractivity contribution in [3.05, 3.63) is 58.3 Å². The highest BCUT2D eigenvalue weighted by Gasteiger charge is 2.23. The second-order valence-electron chi connectivity index (χ2n) is 5.68. The molecule has 0 amide bonds. The van der Waals surface area contributed by atoms with E-state index in [1.54, 1.807) is 15.6 Å². The number of nitrogens with zero attached hydrogens (tertiary/aromatic N) is 2. The van der Waals surface area contributed by atoms with Crippen LogP contribution in [0.25, 0.3) is 0 Å². The van der Waals surface area contributed by atoms with Gasteiger partial charge in [-0.2, -0.15) is 4.31 Å². The lowest BCUT2D eigenvalue weighted by atomic mass is 10.2. The standard InChI is InChI=1S/C18H26N2O2S2/c1-3-19(4-2)12-13-20(15-18-11-8-14-23-18)24(21,22)16-17-9-6-5-7-10-17/h5-11,14H,3-4,12-13,15-16H2,1-2H3. The number of hydrogen-bond acceptors (Lipinski definition) is 4. The molecule has 0 radical (unpaired) electrons. The zero-order valence-electron chi connectivity index (χ0n) is 14.4. The maximum atomic E-state index is 12.9. The third kappa shape index (κ3) is 5.70. The summed E-state index contributed by atoms with van der Waals surface area (Å²) in [4.78, 5) is 3.32. The monoisotopic (exact) mass is 366 g/mol. The summed E-state index contributed by atoms with van der Waals surface area (Å²) in [7, 11) is -3.35. The van der Waals surface area contributed by atoms with Gasteiger partial charge in [-0.25, -0.2) is 8.42 Å². The molecule has 2 aromatic rings. The smallest absolute Gasteiger partial charge is 0.218 e. The molecule has 0 unspecified atom stereocenters. The van der Waals surface area contributed by atoms with Gasteiger partial charge in [-0.15, -0.1) is 11.3 Å². The molecule has 6 heteroatoms. The second-order valence-corrected chi connectivity index (χ2v) is 8.68. The first-order valence-corrected chi connectivity index (χ1v) is 10.8. The Kier molecular flexibility index (Phi) is 7.42. The van der Waals surface area contributed by atoms with Crippen LogP contribution in [0.2, 0.25) is 0 Å². The Bertz CT molecular complexity index is 681. The van der Waals surface area contributed by atoms with E-state index in [2.05, 4.69) is 18.7 Å². The van der Waals surface area contributed by atoms with Crippen molar-refractivity contribution >= 4 is 21.4 Å². The van der Waals surface area contributed by atoms with Gasteiger partial charge >= 0.3 is 0 Å². The zero-order valence-corrected chi connectivity index (χ0v) is 16.0. The van der Waals surface area contributed by atoms with Crippen molar-refractivity contribution < 1.29 is 8.42 Å². The average Bonchev–Trinajstić information content (AvgIpc) is 3.08. The van der Waals surface area contributed by atoms with Crippen LogP contribution in [-0.2, 0) is 22.3 Å². The van der Waals surface area contributed by atoms with E-state index in [4.69, 9.17) is 0 Å². The first kappa shape index (κ1) is 19.1. The van der Waals surface area contributed by atoms with Crippen LogP contribution in [0.1, 0.15) is 24.3 Å². The first-order valence-electron chi connectivity index (χ1n) is 8.31. The van der Waals surface area contributed by atoms with Crippen LogP contribution in [0.4, 0.5) is 0 Å². The lowest BCUT2D eigenvalue weighted by molar-refractivity contribution is 0.269. The van der Waals surface area contributed by atoms with Gasteiger partial charge in [0.1, 0.15) is 0 Å². The summed E-state index contributed by atoms with van der Waals surface area (Å²) < 4.78 is 27.5. The van der Waals surface area contributed by atoms with Crippen LogP contribution in [0, 0.1) is 0 Å². The fourth-order valence-corrected chi connectivity index (χ4v) is 4.85. The van der Waals surface area contributed by atoms with Crippen LogP contribution in [-0.4, -0.2) is 43.8 Å². The predicted octanol–water partition coefficient (Wildman–Crippen LogP) is 3.42. The number of likely N-dealkylation sites (N-methyl/N-ethyl adjacent to an activating group) is 1. The highest BCUT2D eigenvalue weighted by atomic mass is 32.2. The van der Waals surface area contributed by atoms with Crippen molar-refractivity contribution in [2.75, 3.05) is 26.2 Å². The minimum absolute atomic E-state index is 0.0530. The van der Waals surface area contributed by atoms with Crippen LogP contribution in [0.5, 0.6) is 0 Å². The maximum Gasteiger partial charge on any atom is 0.218 e. The van der Waals surface area contributed by atoms with Crippen molar-refractivity contribution in [1.82, 2.24) is 9.21 Å². The molecule has 0 aliphatic carbocycles. The molecule has 0 aliphatic heterocycles. The van der Waals surface area contributed by atoms with Gasteiger partial charge in [0.15, 0.2) is 0 Å². The van der Waals surface area contributed by atoms with Crippen molar-refractivity contribution in [2.45, 2.75) is 26.1 Å². The van der Waals surface area contributed by atoms with Crippen molar-refractivity contribution in [1.29, 1.82) is 0 Å². The molecule has 24 heavy (non-hydrogen) atoms. The van der Waals surface area contributed by atoms with E-state index in [0.29, 0.717) is 13.1 Å². The summed E-state index contributed by atoms with van der Waals surface area (Å²) in [5.41, 5.74) is 0.830. The number of rotatable bonds is 10. The number of sulfonamides is 1. The fourth-order valence-electron chi connectivity index (χ4n) is 2.56. The van der Waals surface area contributed by atoms with Crippen LogP contribution < -0.4 is 0 Å². The van der Waals surface area contributed by atoms with Crippen LogP contribution >= 0.6 is 11.3 Å². The zero-order chi connectivity index (χ0) is 17.4. The second kappa shape index (κ2) is 9.32. The third-order valence-electron chi connectivity index (χ3n) is 4.06. The molecule has 0 saturated carbocycles.